The van der Waals surface area contributed by atoms with E-state index in [9.17, 15) is 9.59 Å². The molecule has 2 aliphatic heterocycles. The predicted octanol–water partition coefficient (Wildman–Crippen LogP) is 2.16. The van der Waals surface area contributed by atoms with Crippen molar-refractivity contribution < 1.29 is 9.59 Å². The van der Waals surface area contributed by atoms with Crippen LogP contribution in [0.3, 0.4) is 0 Å². The third-order valence-electron chi connectivity index (χ3n) is 6.15. The highest BCUT2D eigenvalue weighted by Crippen LogP contribution is 2.22. The summed E-state index contributed by atoms with van der Waals surface area (Å²) in [5.41, 5.74) is 3.17. The lowest BCUT2D eigenvalue weighted by Gasteiger charge is -2.33. The molecule has 0 aliphatic carbocycles. The van der Waals surface area contributed by atoms with Gasteiger partial charge in [0.1, 0.15) is 0 Å². The number of hydrogen-bond donors (Lipinski definition) is 2. The molecule has 0 spiro atoms. The van der Waals surface area contributed by atoms with Gasteiger partial charge in [-0.1, -0.05) is 30.3 Å². The number of carbonyl (C=O) groups excluding carboxylic acids is 2. The molecule has 4 rings (SSSR count). The molecule has 32 heavy (non-hydrogen) atoms. The van der Waals surface area contributed by atoms with E-state index in [1.54, 1.807) is 0 Å². The zero-order valence-corrected chi connectivity index (χ0v) is 18.6. The number of rotatable bonds is 8. The molecule has 7 nitrogen and oxygen atoms in total. The van der Waals surface area contributed by atoms with Crippen LogP contribution in [0.15, 0.2) is 54.6 Å². The van der Waals surface area contributed by atoms with Gasteiger partial charge >= 0.3 is 0 Å². The minimum absolute atomic E-state index is 0.00739. The number of nitrogens with one attached hydrogen (secondary N) is 2. The van der Waals surface area contributed by atoms with E-state index in [2.05, 4.69) is 37.5 Å². The third kappa shape index (κ3) is 6.55. The zero-order chi connectivity index (χ0) is 22.2. The summed E-state index contributed by atoms with van der Waals surface area (Å²) in [6, 6.07) is 18.1. The first-order valence-corrected chi connectivity index (χ1v) is 11.6. The number of hydrogen-bond acceptors (Lipinski definition) is 5. The maximum atomic E-state index is 12.5. The highest BCUT2D eigenvalue weighted by Gasteiger charge is 2.20. The van der Waals surface area contributed by atoms with Crippen LogP contribution in [0.25, 0.3) is 0 Å². The van der Waals surface area contributed by atoms with Crippen LogP contribution in [-0.4, -0.2) is 74.0 Å². The van der Waals surface area contributed by atoms with Crippen molar-refractivity contribution in [3.8, 4) is 0 Å². The monoisotopic (exact) mass is 435 g/mol. The SMILES string of the molecule is O=C(CN1CCN(CC(=O)Nc2ccc(N3CCCC3)cc2)CC1)NCc1ccccc1. The Morgan fingerprint density at radius 2 is 1.31 bits per heavy atom. The van der Waals surface area contributed by atoms with Gasteiger partial charge in [0, 0.05) is 57.2 Å². The van der Waals surface area contributed by atoms with E-state index in [1.165, 1.54) is 18.5 Å². The second-order valence-electron chi connectivity index (χ2n) is 8.60. The van der Waals surface area contributed by atoms with E-state index >= 15 is 0 Å². The van der Waals surface area contributed by atoms with Gasteiger partial charge in [-0.3, -0.25) is 19.4 Å². The lowest BCUT2D eigenvalue weighted by atomic mass is 10.2. The second kappa shape index (κ2) is 11.1. The largest absolute Gasteiger partial charge is 0.372 e. The highest BCUT2D eigenvalue weighted by molar-refractivity contribution is 5.92. The molecule has 2 aromatic rings. The van der Waals surface area contributed by atoms with Gasteiger partial charge in [0.15, 0.2) is 0 Å². The zero-order valence-electron chi connectivity index (χ0n) is 18.6. The van der Waals surface area contributed by atoms with Crippen LogP contribution in [0.1, 0.15) is 18.4 Å². The van der Waals surface area contributed by atoms with Crippen molar-refractivity contribution in [2.75, 3.05) is 62.6 Å². The van der Waals surface area contributed by atoms with E-state index in [4.69, 9.17) is 0 Å². The quantitative estimate of drug-likeness (QED) is 0.665. The average molecular weight is 436 g/mol. The van der Waals surface area contributed by atoms with Crippen molar-refractivity contribution in [2.24, 2.45) is 0 Å². The maximum absolute atomic E-state index is 12.5. The molecule has 2 heterocycles. The predicted molar refractivity (Wildman–Crippen MR) is 128 cm³/mol. The summed E-state index contributed by atoms with van der Waals surface area (Å²) in [4.78, 5) is 31.4. The Bertz CT molecular complexity index is 873. The van der Waals surface area contributed by atoms with E-state index < -0.39 is 0 Å². The summed E-state index contributed by atoms with van der Waals surface area (Å²) in [5, 5.41) is 5.98. The molecule has 2 amide bonds. The Morgan fingerprint density at radius 3 is 1.94 bits per heavy atom. The fraction of sp³-hybridized carbons (Fsp3) is 0.440. The number of carbonyl (C=O) groups is 2. The molecule has 7 heteroatoms. The van der Waals surface area contributed by atoms with Crippen LogP contribution in [0.4, 0.5) is 11.4 Å². The minimum atomic E-state index is 0.00739. The van der Waals surface area contributed by atoms with Gasteiger partial charge in [0.2, 0.25) is 11.8 Å². The third-order valence-corrected chi connectivity index (χ3v) is 6.15. The summed E-state index contributed by atoms with van der Waals surface area (Å²) < 4.78 is 0. The number of nitrogens with zero attached hydrogens (tertiary/aromatic N) is 3. The molecule has 2 N–H and O–H groups in total. The molecule has 2 aromatic carbocycles. The van der Waals surface area contributed by atoms with Crippen molar-refractivity contribution in [3.63, 3.8) is 0 Å². The molecule has 170 valence electrons. The van der Waals surface area contributed by atoms with Gasteiger partial charge in [-0.15, -0.1) is 0 Å². The van der Waals surface area contributed by atoms with Crippen molar-refractivity contribution in [3.05, 3.63) is 60.2 Å². The summed E-state index contributed by atoms with van der Waals surface area (Å²) >= 11 is 0. The van der Waals surface area contributed by atoms with Gasteiger partial charge in [-0.2, -0.15) is 0 Å². The van der Waals surface area contributed by atoms with Crippen molar-refractivity contribution >= 4 is 23.2 Å². The first-order valence-electron chi connectivity index (χ1n) is 11.6. The fourth-order valence-electron chi connectivity index (χ4n) is 4.30. The van der Waals surface area contributed by atoms with Gasteiger partial charge in [-0.25, -0.2) is 0 Å². The van der Waals surface area contributed by atoms with Crippen LogP contribution < -0.4 is 15.5 Å². The highest BCUT2D eigenvalue weighted by atomic mass is 16.2. The lowest BCUT2D eigenvalue weighted by Crippen LogP contribution is -2.50. The van der Waals surface area contributed by atoms with Crippen LogP contribution in [0.5, 0.6) is 0 Å². The minimum Gasteiger partial charge on any atom is -0.372 e. The summed E-state index contributed by atoms with van der Waals surface area (Å²) in [6.45, 7) is 6.71. The first kappa shape index (κ1) is 22.3. The fourth-order valence-corrected chi connectivity index (χ4v) is 4.30. The Morgan fingerprint density at radius 1 is 0.719 bits per heavy atom. The van der Waals surface area contributed by atoms with Crippen LogP contribution in [-0.2, 0) is 16.1 Å². The van der Waals surface area contributed by atoms with Gasteiger partial charge in [0.25, 0.3) is 0 Å². The molecule has 2 saturated heterocycles. The molecular weight excluding hydrogens is 402 g/mol. The number of benzene rings is 2. The van der Waals surface area contributed by atoms with E-state index in [0.717, 1.165) is 50.5 Å². The first-order chi connectivity index (χ1) is 15.7. The smallest absolute Gasteiger partial charge is 0.238 e. The van der Waals surface area contributed by atoms with Crippen molar-refractivity contribution in [1.82, 2.24) is 15.1 Å². The van der Waals surface area contributed by atoms with Crippen LogP contribution >= 0.6 is 0 Å². The van der Waals surface area contributed by atoms with Crippen molar-refractivity contribution in [1.29, 1.82) is 0 Å². The molecule has 0 aromatic heterocycles. The maximum Gasteiger partial charge on any atom is 0.238 e. The second-order valence-corrected chi connectivity index (χ2v) is 8.60. The summed E-state index contributed by atoms with van der Waals surface area (Å²) in [5.74, 6) is 0.0467. The molecule has 2 aliphatic rings. The molecule has 0 bridgehead atoms. The summed E-state index contributed by atoms with van der Waals surface area (Å²) in [6.07, 6.45) is 2.51. The molecule has 0 saturated carbocycles. The normalized spacial score (nSPS) is 17.3. The molecular formula is C25H33N5O2. The van der Waals surface area contributed by atoms with Crippen LogP contribution in [0.2, 0.25) is 0 Å². The Balaban J connectivity index is 1.14. The number of anilines is 2. The number of amides is 2. The van der Waals surface area contributed by atoms with Crippen LogP contribution in [0, 0.1) is 0 Å². The average Bonchev–Trinajstić information content (AvgIpc) is 3.35. The lowest BCUT2D eigenvalue weighted by molar-refractivity contribution is -0.123. The molecule has 0 radical (unpaired) electrons. The Kier molecular flexibility index (Phi) is 7.74. The molecule has 0 atom stereocenters. The Labute approximate surface area is 190 Å². The van der Waals surface area contributed by atoms with E-state index in [-0.39, 0.29) is 11.8 Å². The van der Waals surface area contributed by atoms with E-state index in [1.807, 2.05) is 42.5 Å². The van der Waals surface area contributed by atoms with Gasteiger partial charge in [0.05, 0.1) is 13.1 Å². The van der Waals surface area contributed by atoms with Crippen molar-refractivity contribution in [2.45, 2.75) is 19.4 Å². The van der Waals surface area contributed by atoms with Gasteiger partial charge < -0.3 is 15.5 Å². The summed E-state index contributed by atoms with van der Waals surface area (Å²) in [7, 11) is 0. The molecule has 2 fully saturated rings. The number of piperazine rings is 1. The Hall–Kier alpha value is -2.90. The standard InChI is InChI=1S/C25H33N5O2/c31-24(26-18-21-6-2-1-3-7-21)19-28-14-16-29(17-15-28)20-25(32)27-22-8-10-23(11-9-22)30-12-4-5-13-30/h1-3,6-11H,4-5,12-20H2,(H,26,31)(H,27,32). The van der Waals surface area contributed by atoms with Gasteiger partial charge in [-0.05, 0) is 42.7 Å². The topological polar surface area (TPSA) is 67.9 Å². The molecule has 0 unspecified atom stereocenters. The van der Waals surface area contributed by atoms with E-state index in [0.29, 0.717) is 19.6 Å².